The average molecular weight is 221 g/mol. The first-order valence-corrected chi connectivity index (χ1v) is 5.61. The highest BCUT2D eigenvalue weighted by Gasteiger charge is 2.23. The number of nitrogens with zero attached hydrogens (tertiary/aromatic N) is 2. The highest BCUT2D eigenvalue weighted by atomic mass is 32.1. The number of rotatable bonds is 2. The second kappa shape index (κ2) is 4.14. The Kier molecular flexibility index (Phi) is 2.86. The summed E-state index contributed by atoms with van der Waals surface area (Å²) in [6.07, 6.45) is 6.05. The van der Waals surface area contributed by atoms with Gasteiger partial charge in [-0.05, 0) is 25.8 Å². The standard InChI is InChI=1S/C11H15N3S/c1-8-3-2-6-14(8)10-7-13-5-4-9(10)11(12)15/h4-5,7-8H,2-3,6H2,1H3,(H2,12,15). The minimum Gasteiger partial charge on any atom is -0.389 e. The van der Waals surface area contributed by atoms with Gasteiger partial charge in [0.2, 0.25) is 0 Å². The van der Waals surface area contributed by atoms with Crippen molar-refractivity contribution in [2.75, 3.05) is 11.4 Å². The molecular weight excluding hydrogens is 206 g/mol. The molecule has 2 heterocycles. The lowest BCUT2D eigenvalue weighted by atomic mass is 10.2. The predicted octanol–water partition coefficient (Wildman–Crippen LogP) is 1.70. The summed E-state index contributed by atoms with van der Waals surface area (Å²) in [5.41, 5.74) is 7.72. The van der Waals surface area contributed by atoms with Crippen LogP contribution in [0.25, 0.3) is 0 Å². The second-order valence-corrected chi connectivity index (χ2v) is 4.38. The largest absolute Gasteiger partial charge is 0.389 e. The van der Waals surface area contributed by atoms with E-state index in [0.29, 0.717) is 11.0 Å². The molecule has 2 N–H and O–H groups in total. The molecule has 0 amide bonds. The molecule has 0 spiro atoms. The Morgan fingerprint density at radius 3 is 3.07 bits per heavy atom. The van der Waals surface area contributed by atoms with Gasteiger partial charge in [-0.2, -0.15) is 0 Å². The summed E-state index contributed by atoms with van der Waals surface area (Å²) in [5, 5.41) is 0. The Hall–Kier alpha value is -1.16. The quantitative estimate of drug-likeness (QED) is 0.772. The zero-order valence-electron chi connectivity index (χ0n) is 8.81. The lowest BCUT2D eigenvalue weighted by Crippen LogP contribution is -2.29. The lowest BCUT2D eigenvalue weighted by Gasteiger charge is -2.25. The molecule has 15 heavy (non-hydrogen) atoms. The van der Waals surface area contributed by atoms with E-state index in [2.05, 4.69) is 16.8 Å². The van der Waals surface area contributed by atoms with Crippen LogP contribution in [0.2, 0.25) is 0 Å². The van der Waals surface area contributed by atoms with Crippen molar-refractivity contribution in [1.29, 1.82) is 0 Å². The molecule has 0 radical (unpaired) electrons. The summed E-state index contributed by atoms with van der Waals surface area (Å²) in [6.45, 7) is 3.30. The molecular formula is C11H15N3S. The van der Waals surface area contributed by atoms with Crippen LogP contribution in [0.1, 0.15) is 25.3 Å². The van der Waals surface area contributed by atoms with Gasteiger partial charge < -0.3 is 10.6 Å². The van der Waals surface area contributed by atoms with E-state index in [1.807, 2.05) is 12.3 Å². The zero-order chi connectivity index (χ0) is 10.8. The first-order chi connectivity index (χ1) is 7.20. The molecule has 1 aromatic heterocycles. The molecule has 1 fully saturated rings. The molecule has 1 unspecified atom stereocenters. The van der Waals surface area contributed by atoms with Crippen LogP contribution in [0.5, 0.6) is 0 Å². The number of hydrogen-bond donors (Lipinski definition) is 1. The number of hydrogen-bond acceptors (Lipinski definition) is 3. The highest BCUT2D eigenvalue weighted by Crippen LogP contribution is 2.27. The summed E-state index contributed by atoms with van der Waals surface area (Å²) < 4.78 is 0. The van der Waals surface area contributed by atoms with Gasteiger partial charge in [0.05, 0.1) is 11.9 Å². The van der Waals surface area contributed by atoms with Gasteiger partial charge in [0, 0.05) is 24.3 Å². The summed E-state index contributed by atoms with van der Waals surface area (Å²) in [5.74, 6) is 0. The third-order valence-electron chi connectivity index (χ3n) is 2.93. The maximum Gasteiger partial charge on any atom is 0.106 e. The molecule has 1 atom stereocenters. The molecule has 0 saturated carbocycles. The van der Waals surface area contributed by atoms with Crippen LogP contribution in [0.3, 0.4) is 0 Å². The van der Waals surface area contributed by atoms with Gasteiger partial charge in [-0.15, -0.1) is 0 Å². The molecule has 1 aliphatic heterocycles. The van der Waals surface area contributed by atoms with E-state index in [4.69, 9.17) is 18.0 Å². The van der Waals surface area contributed by atoms with E-state index in [-0.39, 0.29) is 0 Å². The molecule has 3 nitrogen and oxygen atoms in total. The predicted molar refractivity (Wildman–Crippen MR) is 66.2 cm³/mol. The lowest BCUT2D eigenvalue weighted by molar-refractivity contribution is 0.733. The maximum absolute atomic E-state index is 5.70. The second-order valence-electron chi connectivity index (χ2n) is 3.94. The number of pyridine rings is 1. The van der Waals surface area contributed by atoms with Gasteiger partial charge in [-0.3, -0.25) is 4.98 Å². The van der Waals surface area contributed by atoms with Crippen LogP contribution in [-0.2, 0) is 0 Å². The van der Waals surface area contributed by atoms with Crippen LogP contribution in [-0.4, -0.2) is 22.6 Å². The van der Waals surface area contributed by atoms with Crippen molar-refractivity contribution in [3.05, 3.63) is 24.0 Å². The Labute approximate surface area is 95.3 Å². The van der Waals surface area contributed by atoms with Crippen LogP contribution < -0.4 is 10.6 Å². The SMILES string of the molecule is CC1CCCN1c1cnccc1C(N)=S. The number of aromatic nitrogens is 1. The monoisotopic (exact) mass is 221 g/mol. The van der Waals surface area contributed by atoms with Crippen molar-refractivity contribution in [2.24, 2.45) is 5.73 Å². The fourth-order valence-corrected chi connectivity index (χ4v) is 2.29. The Balaban J connectivity index is 2.38. The van der Waals surface area contributed by atoms with Crippen LogP contribution >= 0.6 is 12.2 Å². The first kappa shape index (κ1) is 10.4. The van der Waals surface area contributed by atoms with Gasteiger partial charge in [0.25, 0.3) is 0 Å². The van der Waals surface area contributed by atoms with Gasteiger partial charge in [-0.1, -0.05) is 12.2 Å². The van der Waals surface area contributed by atoms with Gasteiger partial charge in [-0.25, -0.2) is 0 Å². The molecule has 0 aromatic carbocycles. The van der Waals surface area contributed by atoms with Gasteiger partial charge >= 0.3 is 0 Å². The minimum atomic E-state index is 0.450. The van der Waals surface area contributed by atoms with E-state index < -0.39 is 0 Å². The minimum absolute atomic E-state index is 0.450. The van der Waals surface area contributed by atoms with Crippen molar-refractivity contribution in [1.82, 2.24) is 4.98 Å². The van der Waals surface area contributed by atoms with Crippen molar-refractivity contribution >= 4 is 22.9 Å². The summed E-state index contributed by atoms with van der Waals surface area (Å²) >= 11 is 5.05. The van der Waals surface area contributed by atoms with Crippen LogP contribution in [0, 0.1) is 0 Å². The smallest absolute Gasteiger partial charge is 0.106 e. The molecule has 4 heteroatoms. The normalized spacial score (nSPS) is 20.6. The van der Waals surface area contributed by atoms with Crippen molar-refractivity contribution in [2.45, 2.75) is 25.8 Å². The third kappa shape index (κ3) is 1.95. The Morgan fingerprint density at radius 1 is 1.67 bits per heavy atom. The van der Waals surface area contributed by atoms with Crippen molar-refractivity contribution in [3.63, 3.8) is 0 Å². The van der Waals surface area contributed by atoms with Crippen LogP contribution in [0.4, 0.5) is 5.69 Å². The van der Waals surface area contributed by atoms with Gasteiger partial charge in [0.1, 0.15) is 4.99 Å². The Morgan fingerprint density at radius 2 is 2.47 bits per heavy atom. The number of nitrogens with two attached hydrogens (primary N) is 1. The molecule has 2 rings (SSSR count). The molecule has 1 aromatic rings. The highest BCUT2D eigenvalue weighted by molar-refractivity contribution is 7.80. The van der Waals surface area contributed by atoms with Crippen LogP contribution in [0.15, 0.2) is 18.5 Å². The molecule has 80 valence electrons. The zero-order valence-corrected chi connectivity index (χ0v) is 9.63. The van der Waals surface area contributed by atoms with E-state index in [0.717, 1.165) is 17.8 Å². The fraction of sp³-hybridized carbons (Fsp3) is 0.455. The molecule has 0 aliphatic carbocycles. The van der Waals surface area contributed by atoms with E-state index in [1.165, 1.54) is 12.8 Å². The van der Waals surface area contributed by atoms with Crippen molar-refractivity contribution in [3.8, 4) is 0 Å². The molecule has 1 aliphatic rings. The van der Waals surface area contributed by atoms with Gasteiger partial charge in [0.15, 0.2) is 0 Å². The maximum atomic E-state index is 5.70. The summed E-state index contributed by atoms with van der Waals surface area (Å²) in [6, 6.07) is 2.45. The van der Waals surface area contributed by atoms with Crippen molar-refractivity contribution < 1.29 is 0 Å². The molecule has 0 bridgehead atoms. The molecule has 1 saturated heterocycles. The summed E-state index contributed by atoms with van der Waals surface area (Å²) in [7, 11) is 0. The Bertz CT molecular complexity index is 378. The average Bonchev–Trinajstić information content (AvgIpc) is 2.64. The number of thiocarbonyl (C=S) groups is 1. The van der Waals surface area contributed by atoms with E-state index in [1.54, 1.807) is 6.20 Å². The third-order valence-corrected chi connectivity index (χ3v) is 3.15. The van der Waals surface area contributed by atoms with E-state index in [9.17, 15) is 0 Å². The summed E-state index contributed by atoms with van der Waals surface area (Å²) in [4.78, 5) is 6.94. The first-order valence-electron chi connectivity index (χ1n) is 5.20. The topological polar surface area (TPSA) is 42.2 Å². The fourth-order valence-electron chi connectivity index (χ4n) is 2.11. The van der Waals surface area contributed by atoms with E-state index >= 15 is 0 Å². The number of anilines is 1.